The number of ether oxygens (including phenoxy) is 1. The quantitative estimate of drug-likeness (QED) is 0.743. The zero-order valence-electron chi connectivity index (χ0n) is 10.7. The van der Waals surface area contributed by atoms with Crippen molar-refractivity contribution in [2.75, 3.05) is 26.2 Å². The Morgan fingerprint density at radius 1 is 1.55 bits per heavy atom. The van der Waals surface area contributed by atoms with E-state index in [0.717, 1.165) is 6.07 Å². The van der Waals surface area contributed by atoms with E-state index in [-0.39, 0.29) is 29.2 Å². The van der Waals surface area contributed by atoms with Crippen LogP contribution in [0.2, 0.25) is 5.02 Å². The monoisotopic (exact) mass is 302 g/mol. The summed E-state index contributed by atoms with van der Waals surface area (Å²) in [6, 6.07) is 3.70. The molecule has 1 aromatic rings. The van der Waals surface area contributed by atoms with Gasteiger partial charge in [0, 0.05) is 25.6 Å². The number of hydrogen-bond acceptors (Lipinski definition) is 4. The van der Waals surface area contributed by atoms with Crippen LogP contribution in [0.15, 0.2) is 18.2 Å². The van der Waals surface area contributed by atoms with Crippen molar-refractivity contribution in [1.82, 2.24) is 10.6 Å². The van der Waals surface area contributed by atoms with Crippen LogP contribution in [-0.2, 0) is 4.79 Å². The molecular formula is C13H16ClFN2O3. The molecule has 5 nitrogen and oxygen atoms in total. The number of halogens is 2. The van der Waals surface area contributed by atoms with Crippen LogP contribution in [0.4, 0.5) is 4.39 Å². The molecule has 1 aliphatic heterocycles. The molecule has 1 aromatic carbocycles. The van der Waals surface area contributed by atoms with E-state index in [4.69, 9.17) is 16.3 Å². The highest BCUT2D eigenvalue weighted by atomic mass is 35.5. The second-order valence-corrected chi connectivity index (χ2v) is 5.06. The topological polar surface area (TPSA) is 70.6 Å². The average molecular weight is 303 g/mol. The minimum atomic E-state index is -0.463. The molecule has 0 spiro atoms. The number of amides is 1. The lowest BCUT2D eigenvalue weighted by molar-refractivity contribution is -0.123. The number of benzene rings is 1. The second-order valence-electron chi connectivity index (χ2n) is 4.65. The third-order valence-corrected chi connectivity index (χ3v) is 3.41. The number of aliphatic hydroxyl groups is 1. The molecule has 2 atom stereocenters. The lowest BCUT2D eigenvalue weighted by Crippen LogP contribution is -2.36. The van der Waals surface area contributed by atoms with Gasteiger partial charge in [-0.25, -0.2) is 4.39 Å². The fourth-order valence-electron chi connectivity index (χ4n) is 1.96. The smallest absolute Gasteiger partial charge is 0.257 e. The van der Waals surface area contributed by atoms with E-state index in [2.05, 4.69) is 10.6 Å². The van der Waals surface area contributed by atoms with Gasteiger partial charge >= 0.3 is 0 Å². The van der Waals surface area contributed by atoms with Crippen molar-refractivity contribution >= 4 is 17.5 Å². The first-order valence-corrected chi connectivity index (χ1v) is 6.67. The molecule has 1 amide bonds. The van der Waals surface area contributed by atoms with Crippen LogP contribution < -0.4 is 15.4 Å². The maximum atomic E-state index is 12.8. The molecule has 3 N–H and O–H groups in total. The van der Waals surface area contributed by atoms with E-state index in [1.165, 1.54) is 12.1 Å². The first-order chi connectivity index (χ1) is 9.56. The molecule has 0 bridgehead atoms. The predicted molar refractivity (Wildman–Crippen MR) is 72.3 cm³/mol. The summed E-state index contributed by atoms with van der Waals surface area (Å²) in [6.07, 6.45) is -0.442. The van der Waals surface area contributed by atoms with Crippen molar-refractivity contribution in [3.8, 4) is 5.75 Å². The van der Waals surface area contributed by atoms with E-state index in [9.17, 15) is 14.3 Å². The van der Waals surface area contributed by atoms with Crippen molar-refractivity contribution in [2.45, 2.75) is 6.10 Å². The number of nitrogens with one attached hydrogen (secondary N) is 2. The van der Waals surface area contributed by atoms with Gasteiger partial charge in [-0.15, -0.1) is 0 Å². The summed E-state index contributed by atoms with van der Waals surface area (Å²) in [6.45, 7) is 1.39. The summed E-state index contributed by atoms with van der Waals surface area (Å²) in [5, 5.41) is 15.4. The maximum Gasteiger partial charge on any atom is 0.257 e. The van der Waals surface area contributed by atoms with E-state index in [0.29, 0.717) is 19.6 Å². The molecule has 1 aliphatic rings. The molecule has 110 valence electrons. The normalized spacial score (nSPS) is 21.8. The van der Waals surface area contributed by atoms with Gasteiger partial charge in [-0.3, -0.25) is 4.79 Å². The molecule has 2 rings (SSSR count). The van der Waals surface area contributed by atoms with Crippen molar-refractivity contribution in [2.24, 2.45) is 5.92 Å². The van der Waals surface area contributed by atoms with Crippen LogP contribution in [0.25, 0.3) is 0 Å². The van der Waals surface area contributed by atoms with Crippen LogP contribution in [0, 0.1) is 11.7 Å². The summed E-state index contributed by atoms with van der Waals surface area (Å²) >= 11 is 5.77. The first kappa shape index (κ1) is 15.0. The van der Waals surface area contributed by atoms with Gasteiger partial charge in [0.25, 0.3) is 5.91 Å². The van der Waals surface area contributed by atoms with Gasteiger partial charge in [0.1, 0.15) is 11.6 Å². The van der Waals surface area contributed by atoms with E-state index < -0.39 is 11.9 Å². The van der Waals surface area contributed by atoms with Crippen molar-refractivity contribution < 1.29 is 19.0 Å². The fourth-order valence-corrected chi connectivity index (χ4v) is 2.18. The molecule has 1 saturated heterocycles. The maximum absolute atomic E-state index is 12.8. The van der Waals surface area contributed by atoms with E-state index in [1.54, 1.807) is 0 Å². The summed E-state index contributed by atoms with van der Waals surface area (Å²) < 4.78 is 18.0. The van der Waals surface area contributed by atoms with Crippen LogP contribution in [0.1, 0.15) is 0 Å². The van der Waals surface area contributed by atoms with E-state index in [1.807, 2.05) is 0 Å². The van der Waals surface area contributed by atoms with Crippen molar-refractivity contribution in [3.05, 3.63) is 29.0 Å². The van der Waals surface area contributed by atoms with Gasteiger partial charge in [0.15, 0.2) is 6.61 Å². The zero-order chi connectivity index (χ0) is 14.5. The third-order valence-electron chi connectivity index (χ3n) is 3.12. The molecule has 0 radical (unpaired) electrons. The molecule has 2 unspecified atom stereocenters. The van der Waals surface area contributed by atoms with Gasteiger partial charge in [0.2, 0.25) is 0 Å². The standard InChI is InChI=1S/C13H16ClFN2O3/c14-10-3-9(15)1-2-12(10)20-7-13(19)17-5-8-4-16-6-11(8)18/h1-3,8,11,16,18H,4-7H2,(H,17,19). The molecule has 7 heteroatoms. The van der Waals surface area contributed by atoms with Gasteiger partial charge in [-0.05, 0) is 18.2 Å². The first-order valence-electron chi connectivity index (χ1n) is 6.29. The average Bonchev–Trinajstić information content (AvgIpc) is 2.81. The number of carbonyl (C=O) groups is 1. The minimum Gasteiger partial charge on any atom is -0.482 e. The third kappa shape index (κ3) is 4.06. The van der Waals surface area contributed by atoms with Crippen LogP contribution in [0.5, 0.6) is 5.75 Å². The van der Waals surface area contributed by atoms with Crippen LogP contribution in [0.3, 0.4) is 0 Å². The highest BCUT2D eigenvalue weighted by Crippen LogP contribution is 2.24. The summed E-state index contributed by atoms with van der Waals surface area (Å²) in [4.78, 5) is 11.6. The Labute approximate surface area is 121 Å². The molecule has 1 heterocycles. The van der Waals surface area contributed by atoms with E-state index >= 15 is 0 Å². The molecule has 0 saturated carbocycles. The Bertz CT molecular complexity index is 487. The largest absolute Gasteiger partial charge is 0.482 e. The Hall–Kier alpha value is -1.37. The summed E-state index contributed by atoms with van der Waals surface area (Å²) in [5.74, 6) is -0.516. The van der Waals surface area contributed by atoms with Crippen LogP contribution in [-0.4, -0.2) is 43.4 Å². The number of carbonyl (C=O) groups excluding carboxylic acids is 1. The number of rotatable bonds is 5. The molecule has 0 aliphatic carbocycles. The molecular weight excluding hydrogens is 287 g/mol. The SMILES string of the molecule is O=C(COc1ccc(F)cc1Cl)NCC1CNCC1O. The molecule has 1 fully saturated rings. The lowest BCUT2D eigenvalue weighted by atomic mass is 10.1. The zero-order valence-corrected chi connectivity index (χ0v) is 11.5. The molecule has 0 aromatic heterocycles. The second kappa shape index (κ2) is 6.88. The Morgan fingerprint density at radius 3 is 3.00 bits per heavy atom. The predicted octanol–water partition coefficient (Wildman–Crippen LogP) is 0.554. The number of aliphatic hydroxyl groups excluding tert-OH is 1. The Morgan fingerprint density at radius 2 is 2.35 bits per heavy atom. The van der Waals surface area contributed by atoms with Gasteiger partial charge < -0.3 is 20.5 Å². The Balaban J connectivity index is 1.74. The minimum absolute atomic E-state index is 0.00774. The van der Waals surface area contributed by atoms with Crippen LogP contribution >= 0.6 is 11.6 Å². The number of β-amino-alcohol motifs (C(OH)–C–C–N with tert-alkyl or cyclic N) is 1. The fraction of sp³-hybridized carbons (Fsp3) is 0.462. The lowest BCUT2D eigenvalue weighted by Gasteiger charge is -2.14. The highest BCUT2D eigenvalue weighted by Gasteiger charge is 2.24. The van der Waals surface area contributed by atoms with Crippen molar-refractivity contribution in [1.29, 1.82) is 0 Å². The van der Waals surface area contributed by atoms with Gasteiger partial charge in [0.05, 0.1) is 11.1 Å². The van der Waals surface area contributed by atoms with Gasteiger partial charge in [-0.1, -0.05) is 11.6 Å². The number of hydrogen-bond donors (Lipinski definition) is 3. The Kier molecular flexibility index (Phi) is 5.17. The highest BCUT2D eigenvalue weighted by molar-refractivity contribution is 6.32. The van der Waals surface area contributed by atoms with Gasteiger partial charge in [-0.2, -0.15) is 0 Å². The van der Waals surface area contributed by atoms with Crippen molar-refractivity contribution in [3.63, 3.8) is 0 Å². The summed E-state index contributed by atoms with van der Waals surface area (Å²) in [7, 11) is 0. The summed E-state index contributed by atoms with van der Waals surface area (Å²) in [5.41, 5.74) is 0. The molecule has 20 heavy (non-hydrogen) atoms.